The van der Waals surface area contributed by atoms with Crippen LogP contribution in [0.25, 0.3) is 27.8 Å². The van der Waals surface area contributed by atoms with Crippen molar-refractivity contribution < 1.29 is 0 Å². The standard InChI is InChI=1S/C24H17ClN4/c25-18-10-7-11-19(14-18)28-23-22-21(17-8-3-1-4-9-17)15-29(24(22)27-16-26-23)20-12-5-2-6-13-20/h1-16H,(H,26,27,28). The maximum absolute atomic E-state index is 6.16. The number of nitrogens with zero attached hydrogens (tertiary/aromatic N) is 3. The molecule has 0 atom stereocenters. The van der Waals surface area contributed by atoms with Crippen LogP contribution in [0.3, 0.4) is 0 Å². The molecule has 4 nitrogen and oxygen atoms in total. The fraction of sp³-hybridized carbons (Fsp3) is 0. The number of halogens is 1. The van der Waals surface area contributed by atoms with Crippen LogP contribution < -0.4 is 5.32 Å². The van der Waals surface area contributed by atoms with Crippen LogP contribution in [0.4, 0.5) is 11.5 Å². The van der Waals surface area contributed by atoms with Crippen molar-refractivity contribution in [2.24, 2.45) is 0 Å². The Morgan fingerprint density at radius 2 is 1.55 bits per heavy atom. The van der Waals surface area contributed by atoms with Gasteiger partial charge in [-0.2, -0.15) is 0 Å². The van der Waals surface area contributed by atoms with Crippen molar-refractivity contribution in [3.05, 3.63) is 102 Å². The maximum atomic E-state index is 6.16. The van der Waals surface area contributed by atoms with E-state index in [9.17, 15) is 0 Å². The van der Waals surface area contributed by atoms with Gasteiger partial charge in [-0.05, 0) is 35.9 Å². The van der Waals surface area contributed by atoms with Gasteiger partial charge in [0.05, 0.1) is 5.39 Å². The van der Waals surface area contributed by atoms with E-state index in [-0.39, 0.29) is 0 Å². The number of anilines is 2. The van der Waals surface area contributed by atoms with E-state index in [1.807, 2.05) is 60.7 Å². The molecule has 3 aromatic carbocycles. The molecule has 0 aliphatic carbocycles. The van der Waals surface area contributed by atoms with Gasteiger partial charge in [-0.15, -0.1) is 0 Å². The average Bonchev–Trinajstić information content (AvgIpc) is 3.16. The van der Waals surface area contributed by atoms with Crippen molar-refractivity contribution in [3.63, 3.8) is 0 Å². The predicted octanol–water partition coefficient (Wildman–Crippen LogP) is 6.48. The summed E-state index contributed by atoms with van der Waals surface area (Å²) in [6.07, 6.45) is 3.70. The average molecular weight is 397 g/mol. The van der Waals surface area contributed by atoms with Gasteiger partial charge < -0.3 is 9.88 Å². The van der Waals surface area contributed by atoms with Crippen LogP contribution in [-0.2, 0) is 0 Å². The molecular weight excluding hydrogens is 380 g/mol. The van der Waals surface area contributed by atoms with Crippen LogP contribution in [0.5, 0.6) is 0 Å². The molecule has 0 fully saturated rings. The van der Waals surface area contributed by atoms with Crippen molar-refractivity contribution >= 4 is 34.1 Å². The summed E-state index contributed by atoms with van der Waals surface area (Å²) < 4.78 is 2.10. The van der Waals surface area contributed by atoms with E-state index in [0.29, 0.717) is 5.02 Å². The molecule has 140 valence electrons. The lowest BCUT2D eigenvalue weighted by Gasteiger charge is -2.09. The van der Waals surface area contributed by atoms with Crippen LogP contribution in [-0.4, -0.2) is 14.5 Å². The minimum Gasteiger partial charge on any atom is -0.340 e. The second kappa shape index (κ2) is 7.41. The van der Waals surface area contributed by atoms with Gasteiger partial charge in [-0.3, -0.25) is 0 Å². The molecule has 5 aromatic rings. The Morgan fingerprint density at radius 1 is 0.793 bits per heavy atom. The SMILES string of the molecule is Clc1cccc(Nc2ncnc3c2c(-c2ccccc2)cn3-c2ccccc2)c1. The van der Waals surface area contributed by atoms with E-state index in [1.54, 1.807) is 6.33 Å². The highest BCUT2D eigenvalue weighted by Gasteiger charge is 2.17. The van der Waals surface area contributed by atoms with Crippen LogP contribution in [0.1, 0.15) is 0 Å². The molecule has 0 bridgehead atoms. The summed E-state index contributed by atoms with van der Waals surface area (Å²) in [5.74, 6) is 0.741. The minimum atomic E-state index is 0.672. The molecule has 5 heteroatoms. The van der Waals surface area contributed by atoms with Gasteiger partial charge in [-0.1, -0.05) is 66.2 Å². The summed E-state index contributed by atoms with van der Waals surface area (Å²) in [6, 6.07) is 28.1. The van der Waals surface area contributed by atoms with Crippen molar-refractivity contribution in [3.8, 4) is 16.8 Å². The Kier molecular flexibility index (Phi) is 4.47. The summed E-state index contributed by atoms with van der Waals surface area (Å²) >= 11 is 6.16. The molecule has 0 aliphatic heterocycles. The number of hydrogen-bond donors (Lipinski definition) is 1. The zero-order valence-corrected chi connectivity index (χ0v) is 16.2. The summed E-state index contributed by atoms with van der Waals surface area (Å²) in [6.45, 7) is 0. The zero-order valence-electron chi connectivity index (χ0n) is 15.5. The maximum Gasteiger partial charge on any atom is 0.150 e. The van der Waals surface area contributed by atoms with E-state index in [0.717, 1.165) is 39.4 Å². The first-order valence-corrected chi connectivity index (χ1v) is 9.67. The molecular formula is C24H17ClN4. The van der Waals surface area contributed by atoms with Gasteiger partial charge in [0.2, 0.25) is 0 Å². The van der Waals surface area contributed by atoms with Crippen molar-refractivity contribution in [2.45, 2.75) is 0 Å². The third-order valence-electron chi connectivity index (χ3n) is 4.79. The molecule has 0 spiro atoms. The lowest BCUT2D eigenvalue weighted by Crippen LogP contribution is -1.98. The van der Waals surface area contributed by atoms with Crippen LogP contribution in [0.15, 0.2) is 97.5 Å². The fourth-order valence-electron chi connectivity index (χ4n) is 3.48. The zero-order chi connectivity index (χ0) is 19.6. The molecule has 5 rings (SSSR count). The molecule has 0 saturated heterocycles. The molecule has 0 unspecified atom stereocenters. The molecule has 29 heavy (non-hydrogen) atoms. The highest BCUT2D eigenvalue weighted by Crippen LogP contribution is 2.36. The number of hydrogen-bond acceptors (Lipinski definition) is 3. The first-order valence-electron chi connectivity index (χ1n) is 9.29. The Morgan fingerprint density at radius 3 is 2.31 bits per heavy atom. The lowest BCUT2D eigenvalue weighted by molar-refractivity contribution is 1.08. The summed E-state index contributed by atoms with van der Waals surface area (Å²) in [5, 5.41) is 5.05. The monoisotopic (exact) mass is 396 g/mol. The molecule has 0 radical (unpaired) electrons. The van der Waals surface area contributed by atoms with E-state index >= 15 is 0 Å². The number of benzene rings is 3. The summed E-state index contributed by atoms with van der Waals surface area (Å²) in [7, 11) is 0. The Balaban J connectivity index is 1.75. The Bertz CT molecular complexity index is 1280. The van der Waals surface area contributed by atoms with E-state index in [4.69, 9.17) is 11.6 Å². The smallest absolute Gasteiger partial charge is 0.150 e. The second-order valence-corrected chi connectivity index (χ2v) is 7.11. The molecule has 0 aliphatic rings. The molecule has 0 amide bonds. The number of aromatic nitrogens is 3. The van der Waals surface area contributed by atoms with E-state index in [1.165, 1.54) is 0 Å². The summed E-state index contributed by atoms with van der Waals surface area (Å²) in [4.78, 5) is 9.16. The minimum absolute atomic E-state index is 0.672. The highest BCUT2D eigenvalue weighted by atomic mass is 35.5. The third kappa shape index (κ3) is 3.35. The first kappa shape index (κ1) is 17.5. The van der Waals surface area contributed by atoms with Crippen LogP contribution in [0.2, 0.25) is 5.02 Å². The molecule has 2 aromatic heterocycles. The van der Waals surface area contributed by atoms with Gasteiger partial charge in [-0.25, -0.2) is 9.97 Å². The molecule has 2 heterocycles. The normalized spacial score (nSPS) is 10.9. The topological polar surface area (TPSA) is 42.7 Å². The van der Waals surface area contributed by atoms with E-state index in [2.05, 4.69) is 50.3 Å². The van der Waals surface area contributed by atoms with Gasteiger partial charge in [0.1, 0.15) is 12.1 Å². The first-order chi connectivity index (χ1) is 14.3. The highest BCUT2D eigenvalue weighted by molar-refractivity contribution is 6.30. The summed E-state index contributed by atoms with van der Waals surface area (Å²) in [5.41, 5.74) is 4.94. The third-order valence-corrected chi connectivity index (χ3v) is 5.02. The lowest BCUT2D eigenvalue weighted by atomic mass is 10.1. The van der Waals surface area contributed by atoms with Gasteiger partial charge >= 0.3 is 0 Å². The second-order valence-electron chi connectivity index (χ2n) is 6.67. The Hall–Kier alpha value is -3.63. The fourth-order valence-corrected chi connectivity index (χ4v) is 3.67. The number of nitrogens with one attached hydrogen (secondary N) is 1. The van der Waals surface area contributed by atoms with Gasteiger partial charge in [0.15, 0.2) is 5.65 Å². The quantitative estimate of drug-likeness (QED) is 0.377. The Labute approximate surface area is 173 Å². The van der Waals surface area contributed by atoms with Gasteiger partial charge in [0, 0.05) is 28.2 Å². The number of para-hydroxylation sites is 1. The predicted molar refractivity (Wildman–Crippen MR) is 119 cm³/mol. The van der Waals surface area contributed by atoms with Crippen LogP contribution >= 0.6 is 11.6 Å². The van der Waals surface area contributed by atoms with Crippen molar-refractivity contribution in [1.29, 1.82) is 0 Å². The molecule has 1 N–H and O–H groups in total. The van der Waals surface area contributed by atoms with Crippen LogP contribution in [0, 0.1) is 0 Å². The van der Waals surface area contributed by atoms with Gasteiger partial charge in [0.25, 0.3) is 0 Å². The molecule has 0 saturated carbocycles. The van der Waals surface area contributed by atoms with E-state index < -0.39 is 0 Å². The van der Waals surface area contributed by atoms with Crippen molar-refractivity contribution in [2.75, 3.05) is 5.32 Å². The number of rotatable bonds is 4. The number of fused-ring (bicyclic) bond motifs is 1. The van der Waals surface area contributed by atoms with Crippen molar-refractivity contribution in [1.82, 2.24) is 14.5 Å². The largest absolute Gasteiger partial charge is 0.340 e.